The maximum Gasteiger partial charge on any atom is 0.226 e. The van der Waals surface area contributed by atoms with Crippen molar-refractivity contribution in [2.45, 2.75) is 33.7 Å². The molecule has 1 heterocycles. The van der Waals surface area contributed by atoms with Gasteiger partial charge in [0.2, 0.25) is 5.91 Å². The van der Waals surface area contributed by atoms with Gasteiger partial charge in [0.05, 0.1) is 6.54 Å². The summed E-state index contributed by atoms with van der Waals surface area (Å²) in [5.74, 6) is 1.89. The third kappa shape index (κ3) is 4.38. The maximum absolute atomic E-state index is 11.7. The molecular formula is C17H22N2O2. The highest BCUT2D eigenvalue weighted by Crippen LogP contribution is 2.17. The summed E-state index contributed by atoms with van der Waals surface area (Å²) in [5, 5.41) is 6.19. The van der Waals surface area contributed by atoms with Crippen molar-refractivity contribution in [2.75, 3.05) is 10.6 Å². The van der Waals surface area contributed by atoms with Crippen LogP contribution in [0.15, 0.2) is 40.8 Å². The minimum absolute atomic E-state index is 0.0192. The molecule has 2 rings (SSSR count). The first-order valence-electron chi connectivity index (χ1n) is 7.31. The fraction of sp³-hybridized carbons (Fsp3) is 0.353. The van der Waals surface area contributed by atoms with E-state index in [0.717, 1.165) is 29.3 Å². The van der Waals surface area contributed by atoms with Gasteiger partial charge in [-0.25, -0.2) is 0 Å². The van der Waals surface area contributed by atoms with E-state index in [2.05, 4.69) is 17.6 Å². The summed E-state index contributed by atoms with van der Waals surface area (Å²) >= 11 is 0. The summed E-state index contributed by atoms with van der Waals surface area (Å²) in [6.45, 7) is 6.44. The number of benzene rings is 1. The van der Waals surface area contributed by atoms with Crippen LogP contribution in [0.3, 0.4) is 0 Å². The lowest BCUT2D eigenvalue weighted by molar-refractivity contribution is -0.118. The first-order valence-corrected chi connectivity index (χ1v) is 7.31. The van der Waals surface area contributed by atoms with Crippen LogP contribution in [-0.4, -0.2) is 5.91 Å². The molecule has 1 aromatic heterocycles. The standard InChI is InChI=1S/C17H22N2O2/c1-4-15-8-9-16(21-15)11-18-13-6-5-7-14(10-13)19-17(20)12(2)3/h5-10,12,18H,4,11H2,1-3H3,(H,19,20). The van der Waals surface area contributed by atoms with E-state index < -0.39 is 0 Å². The average Bonchev–Trinajstić information content (AvgIpc) is 2.93. The molecule has 4 heteroatoms. The highest BCUT2D eigenvalue weighted by atomic mass is 16.3. The minimum atomic E-state index is -0.0304. The summed E-state index contributed by atoms with van der Waals surface area (Å²) in [4.78, 5) is 11.7. The summed E-state index contributed by atoms with van der Waals surface area (Å²) in [6.07, 6.45) is 0.900. The second-order valence-electron chi connectivity index (χ2n) is 5.30. The Kier molecular flexibility index (Phi) is 5.04. The second-order valence-corrected chi connectivity index (χ2v) is 5.30. The predicted octanol–water partition coefficient (Wildman–Crippen LogP) is 4.05. The molecule has 0 fully saturated rings. The Morgan fingerprint density at radius 2 is 1.86 bits per heavy atom. The monoisotopic (exact) mass is 286 g/mol. The fourth-order valence-corrected chi connectivity index (χ4v) is 1.89. The van der Waals surface area contributed by atoms with Gasteiger partial charge in [-0.15, -0.1) is 0 Å². The summed E-state index contributed by atoms with van der Waals surface area (Å²) < 4.78 is 5.65. The van der Waals surface area contributed by atoms with Gasteiger partial charge < -0.3 is 15.1 Å². The number of hydrogen-bond acceptors (Lipinski definition) is 3. The molecule has 2 aromatic rings. The third-order valence-corrected chi connectivity index (χ3v) is 3.19. The molecular weight excluding hydrogens is 264 g/mol. The van der Waals surface area contributed by atoms with E-state index in [1.165, 1.54) is 0 Å². The lowest BCUT2D eigenvalue weighted by atomic mass is 10.2. The van der Waals surface area contributed by atoms with E-state index in [9.17, 15) is 4.79 Å². The Hall–Kier alpha value is -2.23. The van der Waals surface area contributed by atoms with Crippen LogP contribution in [0, 0.1) is 5.92 Å². The van der Waals surface area contributed by atoms with E-state index >= 15 is 0 Å². The Morgan fingerprint density at radius 3 is 2.52 bits per heavy atom. The third-order valence-electron chi connectivity index (χ3n) is 3.19. The van der Waals surface area contributed by atoms with Crippen LogP contribution < -0.4 is 10.6 Å². The zero-order valence-corrected chi connectivity index (χ0v) is 12.8. The largest absolute Gasteiger partial charge is 0.464 e. The Balaban J connectivity index is 1.96. The smallest absolute Gasteiger partial charge is 0.226 e. The van der Waals surface area contributed by atoms with Crippen LogP contribution in [0.4, 0.5) is 11.4 Å². The topological polar surface area (TPSA) is 54.3 Å². The van der Waals surface area contributed by atoms with Gasteiger partial charge in [-0.05, 0) is 30.3 Å². The minimum Gasteiger partial charge on any atom is -0.464 e. The lowest BCUT2D eigenvalue weighted by Gasteiger charge is -2.10. The number of anilines is 2. The first kappa shape index (κ1) is 15.2. The summed E-state index contributed by atoms with van der Waals surface area (Å²) in [7, 11) is 0. The van der Waals surface area contributed by atoms with Crippen LogP contribution in [0.2, 0.25) is 0 Å². The van der Waals surface area contributed by atoms with Crippen molar-refractivity contribution in [3.63, 3.8) is 0 Å². The number of hydrogen-bond donors (Lipinski definition) is 2. The van der Waals surface area contributed by atoms with Crippen molar-refractivity contribution in [1.29, 1.82) is 0 Å². The highest BCUT2D eigenvalue weighted by molar-refractivity contribution is 5.92. The van der Waals surface area contributed by atoms with E-state index in [0.29, 0.717) is 6.54 Å². The van der Waals surface area contributed by atoms with Crippen molar-refractivity contribution in [1.82, 2.24) is 0 Å². The van der Waals surface area contributed by atoms with Crippen molar-refractivity contribution in [2.24, 2.45) is 5.92 Å². The van der Waals surface area contributed by atoms with Gasteiger partial charge in [0, 0.05) is 23.7 Å². The van der Waals surface area contributed by atoms with Crippen molar-refractivity contribution in [3.8, 4) is 0 Å². The molecule has 0 spiro atoms. The molecule has 0 aliphatic carbocycles. The molecule has 2 N–H and O–H groups in total. The normalized spacial score (nSPS) is 10.7. The first-order chi connectivity index (χ1) is 10.1. The van der Waals surface area contributed by atoms with Gasteiger partial charge >= 0.3 is 0 Å². The van der Waals surface area contributed by atoms with Crippen molar-refractivity contribution >= 4 is 17.3 Å². The Bertz CT molecular complexity index is 602. The van der Waals surface area contributed by atoms with E-state index in [1.807, 2.05) is 50.2 Å². The van der Waals surface area contributed by atoms with E-state index in [1.54, 1.807) is 0 Å². The van der Waals surface area contributed by atoms with E-state index in [4.69, 9.17) is 4.42 Å². The van der Waals surface area contributed by atoms with Crippen LogP contribution >= 0.6 is 0 Å². The molecule has 0 saturated carbocycles. The molecule has 0 bridgehead atoms. The molecule has 112 valence electrons. The van der Waals surface area contributed by atoms with Crippen molar-refractivity contribution < 1.29 is 9.21 Å². The average molecular weight is 286 g/mol. The summed E-state index contributed by atoms with van der Waals surface area (Å²) in [6, 6.07) is 11.7. The highest BCUT2D eigenvalue weighted by Gasteiger charge is 2.07. The molecule has 4 nitrogen and oxygen atoms in total. The fourth-order valence-electron chi connectivity index (χ4n) is 1.89. The van der Waals surface area contributed by atoms with Gasteiger partial charge in [-0.1, -0.05) is 26.8 Å². The van der Waals surface area contributed by atoms with Gasteiger partial charge in [-0.3, -0.25) is 4.79 Å². The number of amides is 1. The molecule has 1 amide bonds. The molecule has 0 atom stereocenters. The van der Waals surface area contributed by atoms with Crippen LogP contribution in [0.25, 0.3) is 0 Å². The lowest BCUT2D eigenvalue weighted by Crippen LogP contribution is -2.17. The second kappa shape index (κ2) is 6.97. The van der Waals surface area contributed by atoms with Crippen molar-refractivity contribution in [3.05, 3.63) is 47.9 Å². The molecule has 0 radical (unpaired) electrons. The number of aryl methyl sites for hydroxylation is 1. The molecule has 0 aliphatic rings. The molecule has 0 aliphatic heterocycles. The zero-order valence-electron chi connectivity index (χ0n) is 12.8. The molecule has 0 unspecified atom stereocenters. The molecule has 1 aromatic carbocycles. The van der Waals surface area contributed by atoms with Gasteiger partial charge in [0.1, 0.15) is 11.5 Å². The number of nitrogens with one attached hydrogen (secondary N) is 2. The van der Waals surface area contributed by atoms with Gasteiger partial charge in [-0.2, -0.15) is 0 Å². The number of rotatable bonds is 6. The zero-order chi connectivity index (χ0) is 15.2. The number of carbonyl (C=O) groups is 1. The van der Waals surface area contributed by atoms with Crippen LogP contribution in [0.5, 0.6) is 0 Å². The Morgan fingerprint density at radius 1 is 1.14 bits per heavy atom. The van der Waals surface area contributed by atoms with E-state index in [-0.39, 0.29) is 11.8 Å². The Labute approximate surface area is 125 Å². The molecule has 21 heavy (non-hydrogen) atoms. The van der Waals surface area contributed by atoms with Crippen LogP contribution in [-0.2, 0) is 17.8 Å². The number of carbonyl (C=O) groups excluding carboxylic acids is 1. The number of furan rings is 1. The molecule has 0 saturated heterocycles. The SMILES string of the molecule is CCc1ccc(CNc2cccc(NC(=O)C(C)C)c2)o1. The predicted molar refractivity (Wildman–Crippen MR) is 85.3 cm³/mol. The van der Waals surface area contributed by atoms with Crippen LogP contribution in [0.1, 0.15) is 32.3 Å². The summed E-state index contributed by atoms with van der Waals surface area (Å²) in [5.41, 5.74) is 1.75. The maximum atomic E-state index is 11.7. The van der Waals surface area contributed by atoms with Gasteiger partial charge in [0.25, 0.3) is 0 Å². The quantitative estimate of drug-likeness (QED) is 0.842. The van der Waals surface area contributed by atoms with Gasteiger partial charge in [0.15, 0.2) is 0 Å².